The smallest absolute Gasteiger partial charge is 0.323 e. The first kappa shape index (κ1) is 14.9. The Balaban J connectivity index is 2.85. The molecule has 7 heteroatoms. The summed E-state index contributed by atoms with van der Waals surface area (Å²) in [6, 6.07) is -0.493. The Bertz CT molecular complexity index is 431. The van der Waals surface area contributed by atoms with Gasteiger partial charge in [0.05, 0.1) is 11.5 Å². The van der Waals surface area contributed by atoms with Gasteiger partial charge in [0.2, 0.25) is 5.91 Å². The first-order valence-electron chi connectivity index (χ1n) is 5.99. The molecule has 0 aromatic carbocycles. The van der Waals surface area contributed by atoms with Crippen LogP contribution in [0.5, 0.6) is 0 Å². The van der Waals surface area contributed by atoms with E-state index in [1.165, 1.54) is 4.90 Å². The number of carboxylic acids is 1. The number of carboxylic acid groups (broad SMARTS) is 1. The van der Waals surface area contributed by atoms with E-state index >= 15 is 0 Å². The van der Waals surface area contributed by atoms with Gasteiger partial charge in [-0.15, -0.1) is 0 Å². The highest BCUT2D eigenvalue weighted by Crippen LogP contribution is 2.20. The second-order valence-electron chi connectivity index (χ2n) is 4.73. The molecule has 0 saturated carbocycles. The number of sulfone groups is 1. The molecule has 1 rings (SSSR count). The Labute approximate surface area is 107 Å². The van der Waals surface area contributed by atoms with Crippen LogP contribution in [0.25, 0.3) is 0 Å². The molecule has 0 aliphatic carbocycles. The fourth-order valence-electron chi connectivity index (χ4n) is 2.01. The van der Waals surface area contributed by atoms with E-state index in [9.17, 15) is 18.0 Å². The van der Waals surface area contributed by atoms with Gasteiger partial charge in [-0.2, -0.15) is 0 Å². The molecule has 1 N–H and O–H groups in total. The summed E-state index contributed by atoms with van der Waals surface area (Å²) < 4.78 is 22.8. The highest BCUT2D eigenvalue weighted by molar-refractivity contribution is 7.91. The molecule has 1 saturated heterocycles. The number of rotatable bonds is 5. The van der Waals surface area contributed by atoms with Crippen molar-refractivity contribution in [1.82, 2.24) is 4.90 Å². The van der Waals surface area contributed by atoms with Gasteiger partial charge in [0.1, 0.15) is 6.54 Å². The van der Waals surface area contributed by atoms with Crippen molar-refractivity contribution in [2.75, 3.05) is 18.1 Å². The van der Waals surface area contributed by atoms with Crippen molar-refractivity contribution in [3.63, 3.8) is 0 Å². The fourth-order valence-corrected chi connectivity index (χ4v) is 3.74. The molecule has 0 spiro atoms. The van der Waals surface area contributed by atoms with Crippen molar-refractivity contribution in [1.29, 1.82) is 0 Å². The second-order valence-corrected chi connectivity index (χ2v) is 6.95. The molecule has 1 aliphatic rings. The van der Waals surface area contributed by atoms with Crippen molar-refractivity contribution in [3.05, 3.63) is 0 Å². The molecule has 1 aliphatic heterocycles. The summed E-state index contributed by atoms with van der Waals surface area (Å²) in [4.78, 5) is 24.1. The van der Waals surface area contributed by atoms with E-state index in [2.05, 4.69) is 0 Å². The lowest BCUT2D eigenvalue weighted by Gasteiger charge is -2.28. The first-order valence-corrected chi connectivity index (χ1v) is 7.81. The lowest BCUT2D eigenvalue weighted by Crippen LogP contribution is -2.46. The predicted octanol–water partition coefficient (Wildman–Crippen LogP) is 0.133. The third-order valence-electron chi connectivity index (χ3n) is 3.27. The number of amides is 1. The van der Waals surface area contributed by atoms with Crippen LogP contribution in [-0.4, -0.2) is 54.4 Å². The van der Waals surface area contributed by atoms with Crippen LogP contribution in [0.15, 0.2) is 0 Å². The van der Waals surface area contributed by atoms with Crippen LogP contribution in [0.3, 0.4) is 0 Å². The second kappa shape index (κ2) is 5.69. The van der Waals surface area contributed by atoms with Gasteiger partial charge in [0.25, 0.3) is 0 Å². The molecule has 2 atom stereocenters. The average molecular weight is 277 g/mol. The van der Waals surface area contributed by atoms with E-state index in [1.807, 2.05) is 6.92 Å². The Morgan fingerprint density at radius 1 is 1.44 bits per heavy atom. The molecule has 1 fully saturated rings. The average Bonchev–Trinajstić information content (AvgIpc) is 2.64. The Morgan fingerprint density at radius 2 is 2.06 bits per heavy atom. The van der Waals surface area contributed by atoms with E-state index in [-0.39, 0.29) is 23.3 Å². The predicted molar refractivity (Wildman–Crippen MR) is 65.9 cm³/mol. The van der Waals surface area contributed by atoms with E-state index in [0.29, 0.717) is 12.8 Å². The fraction of sp³-hybridized carbons (Fsp3) is 0.818. The topological polar surface area (TPSA) is 91.8 Å². The summed E-state index contributed by atoms with van der Waals surface area (Å²) in [5.74, 6) is -1.77. The number of aliphatic carboxylic acids is 1. The minimum Gasteiger partial charge on any atom is -0.480 e. The highest BCUT2D eigenvalue weighted by atomic mass is 32.2. The van der Waals surface area contributed by atoms with Crippen LogP contribution in [0.4, 0.5) is 0 Å². The van der Waals surface area contributed by atoms with Gasteiger partial charge in [-0.3, -0.25) is 9.59 Å². The van der Waals surface area contributed by atoms with Crippen molar-refractivity contribution < 1.29 is 23.1 Å². The van der Waals surface area contributed by atoms with Crippen molar-refractivity contribution >= 4 is 21.7 Å². The number of hydrogen-bond acceptors (Lipinski definition) is 4. The van der Waals surface area contributed by atoms with Crippen molar-refractivity contribution in [3.8, 4) is 0 Å². The Kier molecular flexibility index (Phi) is 4.72. The highest BCUT2D eigenvalue weighted by Gasteiger charge is 2.36. The van der Waals surface area contributed by atoms with Crippen LogP contribution < -0.4 is 0 Å². The zero-order valence-corrected chi connectivity index (χ0v) is 11.4. The van der Waals surface area contributed by atoms with Gasteiger partial charge in [-0.1, -0.05) is 13.8 Å². The zero-order valence-electron chi connectivity index (χ0n) is 10.6. The Morgan fingerprint density at radius 3 is 2.44 bits per heavy atom. The lowest BCUT2D eigenvalue weighted by atomic mass is 10.1. The van der Waals surface area contributed by atoms with E-state index in [0.717, 1.165) is 0 Å². The summed E-state index contributed by atoms with van der Waals surface area (Å²) in [5.41, 5.74) is 0. The normalized spacial score (nSPS) is 23.6. The SMILES string of the molecule is CCC(C)C(=O)N(CC(=O)O)C1CCS(=O)(=O)C1. The van der Waals surface area contributed by atoms with Crippen LogP contribution in [0.2, 0.25) is 0 Å². The zero-order chi connectivity index (χ0) is 13.9. The third kappa shape index (κ3) is 3.69. The summed E-state index contributed by atoms with van der Waals surface area (Å²) in [6.07, 6.45) is 0.937. The largest absolute Gasteiger partial charge is 0.480 e. The summed E-state index contributed by atoms with van der Waals surface area (Å²) >= 11 is 0. The van der Waals surface area contributed by atoms with E-state index in [1.54, 1.807) is 6.92 Å². The van der Waals surface area contributed by atoms with Crippen molar-refractivity contribution in [2.45, 2.75) is 32.7 Å². The van der Waals surface area contributed by atoms with Crippen molar-refractivity contribution in [2.24, 2.45) is 5.92 Å². The maximum Gasteiger partial charge on any atom is 0.323 e. The Hall–Kier alpha value is -1.11. The number of carbonyl (C=O) groups is 2. The standard InChI is InChI=1S/C11H19NO5S/c1-3-8(2)11(15)12(6-10(13)14)9-4-5-18(16,17)7-9/h8-9H,3-7H2,1-2H3,(H,13,14). The lowest BCUT2D eigenvalue weighted by molar-refractivity contribution is -0.147. The van der Waals surface area contributed by atoms with Gasteiger partial charge < -0.3 is 10.0 Å². The molecular formula is C11H19NO5S. The molecule has 0 aromatic rings. The molecule has 1 heterocycles. The molecule has 6 nitrogen and oxygen atoms in total. The molecule has 0 bridgehead atoms. The van der Waals surface area contributed by atoms with Gasteiger partial charge in [0.15, 0.2) is 9.84 Å². The minimum absolute atomic E-state index is 0.0293. The number of carbonyl (C=O) groups excluding carboxylic acids is 1. The van der Waals surface area contributed by atoms with Crippen LogP contribution in [-0.2, 0) is 19.4 Å². The minimum atomic E-state index is -3.13. The van der Waals surface area contributed by atoms with Gasteiger partial charge in [0, 0.05) is 12.0 Å². The van der Waals surface area contributed by atoms with Gasteiger partial charge >= 0.3 is 5.97 Å². The van der Waals surface area contributed by atoms with Crippen LogP contribution in [0.1, 0.15) is 26.7 Å². The molecule has 0 radical (unpaired) electrons. The summed E-state index contributed by atoms with van der Waals surface area (Å²) in [7, 11) is -3.13. The maximum absolute atomic E-state index is 12.1. The molecule has 0 aromatic heterocycles. The number of hydrogen-bond donors (Lipinski definition) is 1. The maximum atomic E-state index is 12.1. The molecule has 104 valence electrons. The number of nitrogens with zero attached hydrogens (tertiary/aromatic N) is 1. The van der Waals surface area contributed by atoms with Gasteiger partial charge in [-0.25, -0.2) is 8.42 Å². The third-order valence-corrected chi connectivity index (χ3v) is 5.02. The summed E-state index contributed by atoms with van der Waals surface area (Å²) in [6.45, 7) is 3.14. The van der Waals surface area contributed by atoms with Gasteiger partial charge in [-0.05, 0) is 12.8 Å². The monoisotopic (exact) mass is 277 g/mol. The summed E-state index contributed by atoms with van der Waals surface area (Å²) in [5, 5.41) is 8.83. The van der Waals surface area contributed by atoms with E-state index < -0.39 is 28.4 Å². The molecule has 1 amide bonds. The van der Waals surface area contributed by atoms with E-state index in [4.69, 9.17) is 5.11 Å². The van der Waals surface area contributed by atoms with Crippen LogP contribution >= 0.6 is 0 Å². The molecule has 2 unspecified atom stereocenters. The first-order chi connectivity index (χ1) is 8.26. The molecular weight excluding hydrogens is 258 g/mol. The molecule has 18 heavy (non-hydrogen) atoms. The quantitative estimate of drug-likeness (QED) is 0.771. The van der Waals surface area contributed by atoms with Crippen LogP contribution in [0, 0.1) is 5.92 Å².